The zero-order chi connectivity index (χ0) is 16.1. The summed E-state index contributed by atoms with van der Waals surface area (Å²) < 4.78 is 0. The Hall–Kier alpha value is -2.68. The molecule has 3 nitrogen and oxygen atoms in total. The summed E-state index contributed by atoms with van der Waals surface area (Å²) in [4.78, 5) is 16.8. The van der Waals surface area contributed by atoms with Crippen LogP contribution in [-0.4, -0.2) is 17.1 Å². The Morgan fingerprint density at radius 1 is 1.00 bits per heavy atom. The van der Waals surface area contributed by atoms with E-state index in [4.69, 9.17) is 0 Å². The van der Waals surface area contributed by atoms with E-state index >= 15 is 0 Å². The summed E-state index contributed by atoms with van der Waals surface area (Å²) >= 11 is 0. The minimum Gasteiger partial charge on any atom is -0.512 e. The van der Waals surface area contributed by atoms with Crippen LogP contribution in [0, 0.1) is 0 Å². The van der Waals surface area contributed by atoms with Crippen LogP contribution in [0.2, 0.25) is 0 Å². The number of ketones is 1. The summed E-state index contributed by atoms with van der Waals surface area (Å²) in [5.41, 5.74) is 2.26. The SMILES string of the molecule is O=C1CC(c2ccccc2)CCC(O)=C1C=Nc1ccccc1. The van der Waals surface area contributed by atoms with Crippen LogP contribution in [0.4, 0.5) is 5.69 Å². The van der Waals surface area contributed by atoms with Crippen LogP contribution in [0.1, 0.15) is 30.7 Å². The van der Waals surface area contributed by atoms with Gasteiger partial charge in [-0.05, 0) is 30.0 Å². The average molecular weight is 305 g/mol. The highest BCUT2D eigenvalue weighted by molar-refractivity contribution is 6.14. The molecule has 23 heavy (non-hydrogen) atoms. The van der Waals surface area contributed by atoms with Gasteiger partial charge in [-0.25, -0.2) is 0 Å². The topological polar surface area (TPSA) is 49.7 Å². The minimum absolute atomic E-state index is 0.0477. The molecule has 0 heterocycles. The number of rotatable bonds is 3. The number of hydrogen-bond donors (Lipinski definition) is 1. The lowest BCUT2D eigenvalue weighted by Gasteiger charge is -2.13. The maximum Gasteiger partial charge on any atom is 0.168 e. The van der Waals surface area contributed by atoms with E-state index in [1.54, 1.807) is 0 Å². The number of allylic oxidation sites excluding steroid dienone is 2. The van der Waals surface area contributed by atoms with Crippen molar-refractivity contribution in [3.63, 3.8) is 0 Å². The van der Waals surface area contributed by atoms with Crippen LogP contribution in [0.5, 0.6) is 0 Å². The molecule has 0 bridgehead atoms. The van der Waals surface area contributed by atoms with E-state index in [2.05, 4.69) is 4.99 Å². The molecule has 1 N–H and O–H groups in total. The Balaban J connectivity index is 1.79. The molecule has 3 heteroatoms. The molecule has 0 saturated carbocycles. The van der Waals surface area contributed by atoms with Crippen molar-refractivity contribution >= 4 is 17.7 Å². The number of carbonyl (C=O) groups is 1. The molecule has 0 amide bonds. The van der Waals surface area contributed by atoms with Crippen molar-refractivity contribution in [2.45, 2.75) is 25.2 Å². The van der Waals surface area contributed by atoms with Crippen molar-refractivity contribution < 1.29 is 9.90 Å². The van der Waals surface area contributed by atoms with Crippen LogP contribution in [0.25, 0.3) is 0 Å². The van der Waals surface area contributed by atoms with Crippen LogP contribution < -0.4 is 0 Å². The molecule has 0 fully saturated rings. The largest absolute Gasteiger partial charge is 0.512 e. The lowest BCUT2D eigenvalue weighted by molar-refractivity contribution is -0.115. The normalized spacial score (nSPS) is 19.1. The van der Waals surface area contributed by atoms with Gasteiger partial charge in [0.05, 0.1) is 11.3 Å². The molecule has 0 aromatic heterocycles. The van der Waals surface area contributed by atoms with Gasteiger partial charge in [-0.15, -0.1) is 0 Å². The Kier molecular flexibility index (Phi) is 4.67. The highest BCUT2D eigenvalue weighted by Gasteiger charge is 2.24. The number of aliphatic hydroxyl groups is 1. The van der Waals surface area contributed by atoms with Gasteiger partial charge in [-0.3, -0.25) is 9.79 Å². The van der Waals surface area contributed by atoms with E-state index in [1.807, 2.05) is 60.7 Å². The summed E-state index contributed by atoms with van der Waals surface area (Å²) in [6, 6.07) is 19.4. The number of nitrogens with zero attached hydrogens (tertiary/aromatic N) is 1. The summed E-state index contributed by atoms with van der Waals surface area (Å²) in [7, 11) is 0. The molecule has 0 aliphatic heterocycles. The Labute approximate surface area is 136 Å². The first-order valence-electron chi connectivity index (χ1n) is 7.83. The van der Waals surface area contributed by atoms with E-state index in [1.165, 1.54) is 6.21 Å². The Bertz CT molecular complexity index is 733. The van der Waals surface area contributed by atoms with Crippen molar-refractivity contribution in [2.75, 3.05) is 0 Å². The maximum absolute atomic E-state index is 12.5. The molecular weight excluding hydrogens is 286 g/mol. The smallest absolute Gasteiger partial charge is 0.168 e. The molecule has 2 aromatic carbocycles. The second-order valence-electron chi connectivity index (χ2n) is 5.73. The van der Waals surface area contributed by atoms with Gasteiger partial charge in [0.15, 0.2) is 5.78 Å². The minimum atomic E-state index is -0.0477. The van der Waals surface area contributed by atoms with Gasteiger partial charge in [0.25, 0.3) is 0 Å². The van der Waals surface area contributed by atoms with E-state index in [0.29, 0.717) is 18.4 Å². The molecule has 0 saturated heterocycles. The van der Waals surface area contributed by atoms with Crippen LogP contribution in [0.3, 0.4) is 0 Å². The van der Waals surface area contributed by atoms with Crippen molar-refractivity contribution in [1.29, 1.82) is 0 Å². The summed E-state index contributed by atoms with van der Waals surface area (Å²) in [5.74, 6) is 0.245. The molecule has 1 aliphatic rings. The number of aliphatic imine (C=N–C) groups is 1. The third-order valence-electron chi connectivity index (χ3n) is 4.14. The number of hydrogen-bond acceptors (Lipinski definition) is 3. The van der Waals surface area contributed by atoms with Crippen molar-refractivity contribution in [2.24, 2.45) is 4.99 Å². The number of Topliss-reactive ketones (excluding diaryl/α,β-unsaturated/α-hetero) is 1. The lowest BCUT2D eigenvalue weighted by Crippen LogP contribution is -2.08. The molecule has 1 unspecified atom stereocenters. The fourth-order valence-corrected chi connectivity index (χ4v) is 2.85. The highest BCUT2D eigenvalue weighted by Crippen LogP contribution is 2.31. The second kappa shape index (κ2) is 7.05. The zero-order valence-corrected chi connectivity index (χ0v) is 12.9. The summed E-state index contributed by atoms with van der Waals surface area (Å²) in [6.07, 6.45) is 3.18. The molecule has 116 valence electrons. The fraction of sp³-hybridized carbons (Fsp3) is 0.200. The van der Waals surface area contributed by atoms with Gasteiger partial charge in [-0.1, -0.05) is 48.5 Å². The third-order valence-corrected chi connectivity index (χ3v) is 4.14. The highest BCUT2D eigenvalue weighted by atomic mass is 16.3. The molecule has 1 atom stereocenters. The molecule has 3 rings (SSSR count). The van der Waals surface area contributed by atoms with E-state index in [-0.39, 0.29) is 17.5 Å². The van der Waals surface area contributed by atoms with Crippen LogP contribution >= 0.6 is 0 Å². The van der Waals surface area contributed by atoms with Crippen LogP contribution in [0.15, 0.2) is 77.0 Å². The lowest BCUT2D eigenvalue weighted by atomic mass is 9.91. The number of para-hydroxylation sites is 1. The van der Waals surface area contributed by atoms with Gasteiger partial charge in [0.1, 0.15) is 5.76 Å². The predicted molar refractivity (Wildman–Crippen MR) is 92.3 cm³/mol. The Morgan fingerprint density at radius 3 is 2.35 bits per heavy atom. The van der Waals surface area contributed by atoms with Gasteiger partial charge in [-0.2, -0.15) is 0 Å². The third kappa shape index (κ3) is 3.75. The first kappa shape index (κ1) is 15.2. The first-order chi connectivity index (χ1) is 11.2. The number of benzene rings is 2. The van der Waals surface area contributed by atoms with Gasteiger partial charge in [0.2, 0.25) is 0 Å². The average Bonchev–Trinajstić information content (AvgIpc) is 2.73. The second-order valence-corrected chi connectivity index (χ2v) is 5.73. The monoisotopic (exact) mass is 305 g/mol. The molecule has 1 aliphatic carbocycles. The Morgan fingerprint density at radius 2 is 1.65 bits per heavy atom. The van der Waals surface area contributed by atoms with E-state index < -0.39 is 0 Å². The van der Waals surface area contributed by atoms with Gasteiger partial charge >= 0.3 is 0 Å². The molecular formula is C20H19NO2. The predicted octanol–water partition coefficient (Wildman–Crippen LogP) is 4.74. The van der Waals surface area contributed by atoms with Crippen molar-refractivity contribution in [3.8, 4) is 0 Å². The summed E-state index contributed by atoms with van der Waals surface area (Å²) in [5, 5.41) is 10.2. The van der Waals surface area contributed by atoms with Crippen molar-refractivity contribution in [1.82, 2.24) is 0 Å². The maximum atomic E-state index is 12.5. The van der Waals surface area contributed by atoms with Gasteiger partial charge in [0, 0.05) is 19.1 Å². The standard InChI is InChI=1S/C20H19NO2/c22-19-12-11-16(15-7-3-1-4-8-15)13-20(23)18(19)14-21-17-9-5-2-6-10-17/h1-10,14,16,22H,11-13H2. The van der Waals surface area contributed by atoms with Crippen LogP contribution in [-0.2, 0) is 4.79 Å². The number of carbonyl (C=O) groups excluding carboxylic acids is 1. The number of aliphatic hydroxyl groups excluding tert-OH is 1. The molecule has 0 spiro atoms. The molecule has 0 radical (unpaired) electrons. The zero-order valence-electron chi connectivity index (χ0n) is 12.9. The molecule has 2 aromatic rings. The van der Waals surface area contributed by atoms with Gasteiger partial charge < -0.3 is 5.11 Å². The van der Waals surface area contributed by atoms with E-state index in [9.17, 15) is 9.90 Å². The fourth-order valence-electron chi connectivity index (χ4n) is 2.85. The van der Waals surface area contributed by atoms with E-state index in [0.717, 1.165) is 17.7 Å². The summed E-state index contributed by atoms with van der Waals surface area (Å²) in [6.45, 7) is 0. The first-order valence-corrected chi connectivity index (χ1v) is 7.83. The van der Waals surface area contributed by atoms with Crippen molar-refractivity contribution in [3.05, 3.63) is 77.6 Å². The quantitative estimate of drug-likeness (QED) is 0.833.